The number of likely N-dealkylation sites (tertiary alicyclic amines) is 1. The number of benzene rings is 2. The van der Waals surface area contributed by atoms with Gasteiger partial charge in [0.15, 0.2) is 0 Å². The lowest BCUT2D eigenvalue weighted by Gasteiger charge is -2.19. The van der Waals surface area contributed by atoms with E-state index < -0.39 is 5.91 Å². The summed E-state index contributed by atoms with van der Waals surface area (Å²) < 4.78 is 1.50. The fourth-order valence-corrected chi connectivity index (χ4v) is 7.31. The van der Waals surface area contributed by atoms with Gasteiger partial charge in [-0.05, 0) is 105 Å². The summed E-state index contributed by atoms with van der Waals surface area (Å²) in [7, 11) is 1.68. The third-order valence-corrected chi connectivity index (χ3v) is 9.90. The van der Waals surface area contributed by atoms with Gasteiger partial charge in [-0.15, -0.1) is 11.3 Å². The molecule has 2 aromatic heterocycles. The van der Waals surface area contributed by atoms with Gasteiger partial charge in [-0.25, -0.2) is 0 Å². The summed E-state index contributed by atoms with van der Waals surface area (Å²) in [6, 6.07) is 14.6. The van der Waals surface area contributed by atoms with Crippen LogP contribution in [0.15, 0.2) is 72.2 Å². The van der Waals surface area contributed by atoms with E-state index in [4.69, 9.17) is 0 Å². The third kappa shape index (κ3) is 6.39. The molecular formula is C36H37N5O4S. The molecule has 3 N–H and O–H groups in total. The maximum atomic E-state index is 13.3. The Kier molecular flexibility index (Phi) is 8.90. The van der Waals surface area contributed by atoms with E-state index in [0.29, 0.717) is 41.4 Å². The van der Waals surface area contributed by atoms with E-state index in [1.54, 1.807) is 53.7 Å². The first-order valence-electron chi connectivity index (χ1n) is 15.6. The molecule has 0 unspecified atom stereocenters. The number of nitrogens with one attached hydrogen (secondary N) is 3. The largest absolute Gasteiger partial charge is 0.351 e. The number of thiophene rings is 1. The quantitative estimate of drug-likeness (QED) is 0.188. The summed E-state index contributed by atoms with van der Waals surface area (Å²) in [6.45, 7) is 6.83. The van der Waals surface area contributed by atoms with Crippen molar-refractivity contribution in [2.24, 2.45) is 7.05 Å². The Morgan fingerprint density at radius 1 is 0.913 bits per heavy atom. The minimum Gasteiger partial charge on any atom is -0.351 e. The van der Waals surface area contributed by atoms with Crippen molar-refractivity contribution >= 4 is 51.8 Å². The molecule has 0 radical (unpaired) electrons. The highest BCUT2D eigenvalue weighted by molar-refractivity contribution is 7.14. The number of aryl methyl sites for hydroxylation is 3. The first-order chi connectivity index (χ1) is 22.2. The molecule has 6 rings (SSSR count). The Labute approximate surface area is 272 Å². The van der Waals surface area contributed by atoms with Gasteiger partial charge in [0.05, 0.1) is 16.1 Å². The van der Waals surface area contributed by atoms with E-state index in [2.05, 4.69) is 22.5 Å². The van der Waals surface area contributed by atoms with E-state index >= 15 is 0 Å². The van der Waals surface area contributed by atoms with Crippen LogP contribution in [0.4, 0.5) is 22.7 Å². The fraction of sp³-hybridized carbons (Fsp3) is 0.278. The van der Waals surface area contributed by atoms with Crippen molar-refractivity contribution in [1.82, 2.24) is 9.47 Å². The molecule has 1 aliphatic heterocycles. The molecule has 3 amide bonds. The number of rotatable bonds is 8. The van der Waals surface area contributed by atoms with E-state index in [1.807, 2.05) is 31.2 Å². The van der Waals surface area contributed by atoms with Crippen LogP contribution in [-0.4, -0.2) is 40.3 Å². The predicted molar refractivity (Wildman–Crippen MR) is 184 cm³/mol. The van der Waals surface area contributed by atoms with Crippen LogP contribution < -0.4 is 21.5 Å². The zero-order valence-electron chi connectivity index (χ0n) is 26.1. The van der Waals surface area contributed by atoms with Gasteiger partial charge < -0.3 is 25.4 Å². The van der Waals surface area contributed by atoms with Crippen molar-refractivity contribution in [3.63, 3.8) is 0 Å². The smallest absolute Gasteiger partial charge is 0.274 e. The summed E-state index contributed by atoms with van der Waals surface area (Å²) >= 11 is 1.58. The number of carbonyl (C=O) groups excluding carboxylic acids is 3. The second-order valence-electron chi connectivity index (χ2n) is 11.8. The molecule has 0 atom stereocenters. The molecule has 2 aliphatic rings. The van der Waals surface area contributed by atoms with Crippen LogP contribution in [0.2, 0.25) is 0 Å². The van der Waals surface area contributed by atoms with Gasteiger partial charge in [0.2, 0.25) is 5.91 Å². The average molecular weight is 636 g/mol. The van der Waals surface area contributed by atoms with Crippen molar-refractivity contribution in [2.45, 2.75) is 45.4 Å². The molecule has 4 aromatic rings. The van der Waals surface area contributed by atoms with Gasteiger partial charge in [0.25, 0.3) is 17.4 Å². The summed E-state index contributed by atoms with van der Waals surface area (Å²) in [4.78, 5) is 55.8. The Hall–Kier alpha value is -4.96. The van der Waals surface area contributed by atoms with Gasteiger partial charge in [-0.1, -0.05) is 18.7 Å². The Morgan fingerprint density at radius 3 is 2.46 bits per heavy atom. The molecule has 2 aromatic carbocycles. The molecule has 0 bridgehead atoms. The highest BCUT2D eigenvalue weighted by Crippen LogP contribution is 2.33. The number of fused-ring (bicyclic) bond motifs is 1. The number of anilines is 4. The molecule has 1 saturated heterocycles. The van der Waals surface area contributed by atoms with Gasteiger partial charge in [0.1, 0.15) is 5.69 Å². The molecule has 0 spiro atoms. The lowest BCUT2D eigenvalue weighted by atomic mass is 9.99. The van der Waals surface area contributed by atoms with Crippen LogP contribution >= 0.6 is 11.3 Å². The topological polar surface area (TPSA) is 113 Å². The number of nitrogens with zero attached hydrogens (tertiary/aromatic N) is 2. The first-order valence-corrected chi connectivity index (χ1v) is 16.4. The molecule has 0 saturated carbocycles. The highest BCUT2D eigenvalue weighted by Gasteiger charge is 2.23. The summed E-state index contributed by atoms with van der Waals surface area (Å²) in [5.41, 5.74) is 5.84. The van der Waals surface area contributed by atoms with Crippen LogP contribution in [0.3, 0.4) is 0 Å². The number of pyridine rings is 1. The molecule has 1 aliphatic carbocycles. The van der Waals surface area contributed by atoms with Crippen LogP contribution in [0.5, 0.6) is 0 Å². The summed E-state index contributed by atoms with van der Waals surface area (Å²) in [6.07, 6.45) is 9.22. The predicted octanol–water partition coefficient (Wildman–Crippen LogP) is 6.66. The Bertz CT molecular complexity index is 1890. The Balaban J connectivity index is 1.28. The number of hydrogen-bond acceptors (Lipinski definition) is 6. The highest BCUT2D eigenvalue weighted by atomic mass is 32.1. The second kappa shape index (κ2) is 13.2. The Morgan fingerprint density at radius 2 is 1.70 bits per heavy atom. The molecule has 1 fully saturated rings. The lowest BCUT2D eigenvalue weighted by molar-refractivity contribution is -0.111. The summed E-state index contributed by atoms with van der Waals surface area (Å²) in [5, 5.41) is 9.05. The zero-order chi connectivity index (χ0) is 32.4. The monoisotopic (exact) mass is 635 g/mol. The minimum atomic E-state index is -0.438. The molecular weight excluding hydrogens is 598 g/mol. The van der Waals surface area contributed by atoms with E-state index in [0.717, 1.165) is 53.3 Å². The molecule has 10 heteroatoms. The maximum Gasteiger partial charge on any atom is 0.274 e. The normalized spacial score (nSPS) is 14.0. The second-order valence-corrected chi connectivity index (χ2v) is 13.0. The van der Waals surface area contributed by atoms with Gasteiger partial charge in [-0.2, -0.15) is 0 Å². The van der Waals surface area contributed by atoms with Crippen molar-refractivity contribution in [3.8, 4) is 11.1 Å². The summed E-state index contributed by atoms with van der Waals surface area (Å²) in [5.74, 6) is -0.706. The van der Waals surface area contributed by atoms with E-state index in [-0.39, 0.29) is 17.4 Å². The van der Waals surface area contributed by atoms with Gasteiger partial charge >= 0.3 is 0 Å². The van der Waals surface area contributed by atoms with E-state index in [1.165, 1.54) is 27.8 Å². The zero-order valence-corrected chi connectivity index (χ0v) is 26.9. The van der Waals surface area contributed by atoms with Crippen LogP contribution in [-0.2, 0) is 24.7 Å². The molecule has 46 heavy (non-hydrogen) atoms. The third-order valence-electron chi connectivity index (χ3n) is 8.66. The van der Waals surface area contributed by atoms with E-state index in [9.17, 15) is 19.2 Å². The van der Waals surface area contributed by atoms with Crippen molar-refractivity contribution in [2.75, 3.05) is 29.0 Å². The van der Waals surface area contributed by atoms with Crippen molar-refractivity contribution in [3.05, 3.63) is 104 Å². The van der Waals surface area contributed by atoms with Crippen LogP contribution in [0, 0.1) is 6.92 Å². The fourth-order valence-electron chi connectivity index (χ4n) is 6.16. The number of amides is 3. The van der Waals surface area contributed by atoms with Gasteiger partial charge in [0, 0.05) is 48.1 Å². The SMILES string of the molecule is C=CC(=O)Nc1cc(Nc2cc(-c3cccc(NC(=O)c4cc5c(s4)CCCC5)c3C)cn(C)c2=O)ccc1C(=O)N1CCCC1. The van der Waals surface area contributed by atoms with Crippen LogP contribution in [0.25, 0.3) is 11.1 Å². The average Bonchev–Trinajstić information content (AvgIpc) is 3.75. The van der Waals surface area contributed by atoms with Gasteiger partial charge in [-0.3, -0.25) is 19.2 Å². The molecule has 3 heterocycles. The van der Waals surface area contributed by atoms with Crippen LogP contribution in [0.1, 0.15) is 61.7 Å². The first kappa shape index (κ1) is 31.0. The lowest BCUT2D eigenvalue weighted by Crippen LogP contribution is -2.28. The van der Waals surface area contributed by atoms with Crippen molar-refractivity contribution < 1.29 is 14.4 Å². The van der Waals surface area contributed by atoms with Crippen molar-refractivity contribution in [1.29, 1.82) is 0 Å². The maximum absolute atomic E-state index is 13.3. The number of hydrogen-bond donors (Lipinski definition) is 3. The minimum absolute atomic E-state index is 0.117. The standard InChI is InChI=1S/C36H37N5O4S/c1-4-33(42)38-29-20-25(14-15-27(29)35(44)41-16-7-8-17-41)37-30-18-24(21-40(3)36(30)45)26-11-9-12-28(22(26)2)39-34(43)32-19-23-10-5-6-13-31(23)46-32/h4,9,11-12,14-15,18-21,37H,1,5-8,10,13,16-17H2,2-3H3,(H,38,42)(H,39,43). The number of aromatic nitrogens is 1. The molecule has 236 valence electrons. The molecule has 9 nitrogen and oxygen atoms in total. The number of carbonyl (C=O) groups is 3.